The number of benzene rings is 1. The molecule has 1 atom stereocenters. The normalized spacial score (nSPS) is 18.6. The van der Waals surface area contributed by atoms with E-state index >= 15 is 0 Å². The van der Waals surface area contributed by atoms with Crippen LogP contribution in [0.2, 0.25) is 0 Å². The third kappa shape index (κ3) is 4.14. The van der Waals surface area contributed by atoms with Gasteiger partial charge in [0, 0.05) is 23.7 Å². The average Bonchev–Trinajstić information content (AvgIpc) is 2.97. The van der Waals surface area contributed by atoms with Crippen molar-refractivity contribution >= 4 is 17.7 Å². The number of hydrogen-bond acceptors (Lipinski definition) is 4. The predicted molar refractivity (Wildman–Crippen MR) is 87.8 cm³/mol. The molecule has 116 valence electrons. The summed E-state index contributed by atoms with van der Waals surface area (Å²) in [5, 5.41) is 6.18. The van der Waals surface area contributed by atoms with Crippen molar-refractivity contribution in [3.8, 4) is 5.75 Å². The van der Waals surface area contributed by atoms with Crippen molar-refractivity contribution in [3.05, 3.63) is 29.3 Å². The van der Waals surface area contributed by atoms with E-state index in [1.54, 1.807) is 18.9 Å². The van der Waals surface area contributed by atoms with Gasteiger partial charge in [-0.1, -0.05) is 26.8 Å². The molecule has 1 heterocycles. The van der Waals surface area contributed by atoms with Crippen molar-refractivity contribution < 1.29 is 9.53 Å². The largest absolute Gasteiger partial charge is 0.496 e. The van der Waals surface area contributed by atoms with Crippen LogP contribution in [0.25, 0.3) is 0 Å². The molecule has 1 aliphatic heterocycles. The number of thioether (sulfide) groups is 1. The SMILES string of the molecule is COc1ccc(C(C)(C)C)cc1CNC(=O)C1CSCN1. The molecule has 0 aliphatic carbocycles. The van der Waals surface area contributed by atoms with Gasteiger partial charge in [-0.05, 0) is 23.1 Å². The number of ether oxygens (including phenoxy) is 1. The van der Waals surface area contributed by atoms with Gasteiger partial charge in [-0.3, -0.25) is 10.1 Å². The van der Waals surface area contributed by atoms with Crippen LogP contribution in [-0.4, -0.2) is 30.7 Å². The second kappa shape index (κ2) is 6.71. The van der Waals surface area contributed by atoms with E-state index in [0.29, 0.717) is 6.54 Å². The fourth-order valence-corrected chi connectivity index (χ4v) is 3.19. The first-order valence-electron chi connectivity index (χ1n) is 7.18. The maximum atomic E-state index is 12.1. The monoisotopic (exact) mass is 308 g/mol. The van der Waals surface area contributed by atoms with Gasteiger partial charge in [0.05, 0.1) is 13.2 Å². The van der Waals surface area contributed by atoms with E-state index in [-0.39, 0.29) is 17.4 Å². The van der Waals surface area contributed by atoms with Crippen molar-refractivity contribution in [1.82, 2.24) is 10.6 Å². The standard InChI is InChI=1S/C16H24N2O2S/c1-16(2,3)12-5-6-14(20-4)11(7-12)8-17-15(19)13-9-21-10-18-13/h5-7,13,18H,8-10H2,1-4H3,(H,17,19). The number of carbonyl (C=O) groups excluding carboxylic acids is 1. The van der Waals surface area contributed by atoms with Gasteiger partial charge in [0.25, 0.3) is 0 Å². The van der Waals surface area contributed by atoms with E-state index in [4.69, 9.17) is 4.74 Å². The van der Waals surface area contributed by atoms with E-state index in [1.165, 1.54) is 5.56 Å². The summed E-state index contributed by atoms with van der Waals surface area (Å²) in [5.41, 5.74) is 2.33. The second-order valence-corrected chi connectivity index (χ2v) is 7.30. The van der Waals surface area contributed by atoms with E-state index in [1.807, 2.05) is 6.07 Å². The minimum absolute atomic E-state index is 0.0585. The van der Waals surface area contributed by atoms with Crippen LogP contribution in [0.5, 0.6) is 5.75 Å². The van der Waals surface area contributed by atoms with Gasteiger partial charge < -0.3 is 10.1 Å². The molecule has 0 saturated carbocycles. The molecule has 1 unspecified atom stereocenters. The van der Waals surface area contributed by atoms with Crippen molar-refractivity contribution in [3.63, 3.8) is 0 Å². The molecule has 0 bridgehead atoms. The summed E-state index contributed by atoms with van der Waals surface area (Å²) < 4.78 is 5.40. The lowest BCUT2D eigenvalue weighted by atomic mass is 9.86. The Bertz CT molecular complexity index is 505. The minimum Gasteiger partial charge on any atom is -0.496 e. The highest BCUT2D eigenvalue weighted by Gasteiger charge is 2.22. The molecule has 4 nitrogen and oxygen atoms in total. The summed E-state index contributed by atoms with van der Waals surface area (Å²) in [4.78, 5) is 12.1. The van der Waals surface area contributed by atoms with Crippen LogP contribution in [0.1, 0.15) is 31.9 Å². The lowest BCUT2D eigenvalue weighted by Crippen LogP contribution is -2.41. The van der Waals surface area contributed by atoms with Crippen LogP contribution in [-0.2, 0) is 16.8 Å². The maximum Gasteiger partial charge on any atom is 0.238 e. The molecule has 1 aromatic carbocycles. The topological polar surface area (TPSA) is 50.4 Å². The smallest absolute Gasteiger partial charge is 0.238 e. The van der Waals surface area contributed by atoms with Gasteiger partial charge in [0.15, 0.2) is 0 Å². The van der Waals surface area contributed by atoms with Crippen molar-refractivity contribution in [2.24, 2.45) is 0 Å². The highest BCUT2D eigenvalue weighted by atomic mass is 32.2. The third-order valence-corrected chi connectivity index (χ3v) is 4.57. The van der Waals surface area contributed by atoms with E-state index in [2.05, 4.69) is 43.5 Å². The lowest BCUT2D eigenvalue weighted by molar-refractivity contribution is -0.122. The maximum absolute atomic E-state index is 12.1. The molecule has 0 aromatic heterocycles. The molecule has 5 heteroatoms. The number of methoxy groups -OCH3 is 1. The van der Waals surface area contributed by atoms with Crippen LogP contribution in [0.15, 0.2) is 18.2 Å². The molecule has 2 rings (SSSR count). The summed E-state index contributed by atoms with van der Waals surface area (Å²) >= 11 is 1.75. The van der Waals surface area contributed by atoms with Crippen molar-refractivity contribution in [1.29, 1.82) is 0 Å². The zero-order chi connectivity index (χ0) is 15.5. The molecular formula is C16H24N2O2S. The van der Waals surface area contributed by atoms with E-state index in [9.17, 15) is 4.79 Å². The Morgan fingerprint density at radius 2 is 2.24 bits per heavy atom. The first kappa shape index (κ1) is 16.2. The molecule has 0 radical (unpaired) electrons. The molecule has 1 aliphatic rings. The Labute approximate surface area is 131 Å². The highest BCUT2D eigenvalue weighted by Crippen LogP contribution is 2.27. The Morgan fingerprint density at radius 1 is 1.48 bits per heavy atom. The van der Waals surface area contributed by atoms with Crippen molar-refractivity contribution in [2.75, 3.05) is 18.7 Å². The van der Waals surface area contributed by atoms with Crippen LogP contribution in [0, 0.1) is 0 Å². The number of carbonyl (C=O) groups is 1. The molecule has 1 fully saturated rings. The average molecular weight is 308 g/mol. The van der Waals surface area contributed by atoms with Crippen LogP contribution >= 0.6 is 11.8 Å². The summed E-state index contributed by atoms with van der Waals surface area (Å²) in [5.74, 6) is 2.56. The van der Waals surface area contributed by atoms with Crippen molar-refractivity contribution in [2.45, 2.75) is 38.8 Å². The number of amides is 1. The van der Waals surface area contributed by atoms with E-state index in [0.717, 1.165) is 22.9 Å². The quantitative estimate of drug-likeness (QED) is 0.896. The van der Waals surface area contributed by atoms with Gasteiger partial charge in [-0.2, -0.15) is 0 Å². The van der Waals surface area contributed by atoms with Crippen LogP contribution < -0.4 is 15.4 Å². The molecule has 0 spiro atoms. The number of nitrogens with one attached hydrogen (secondary N) is 2. The summed E-state index contributed by atoms with van der Waals surface area (Å²) in [6.45, 7) is 7.03. The summed E-state index contributed by atoms with van der Waals surface area (Å²) in [6, 6.07) is 6.10. The minimum atomic E-state index is -0.0770. The fraction of sp³-hybridized carbons (Fsp3) is 0.562. The summed E-state index contributed by atoms with van der Waals surface area (Å²) in [7, 11) is 1.66. The van der Waals surface area contributed by atoms with Crippen LogP contribution in [0.4, 0.5) is 0 Å². The van der Waals surface area contributed by atoms with Gasteiger partial charge in [0.1, 0.15) is 5.75 Å². The molecule has 2 N–H and O–H groups in total. The summed E-state index contributed by atoms with van der Waals surface area (Å²) in [6.07, 6.45) is 0. The van der Waals surface area contributed by atoms with Crippen LogP contribution in [0.3, 0.4) is 0 Å². The first-order chi connectivity index (χ1) is 9.91. The van der Waals surface area contributed by atoms with Gasteiger partial charge >= 0.3 is 0 Å². The molecule has 1 saturated heterocycles. The Balaban J connectivity index is 2.08. The molecule has 21 heavy (non-hydrogen) atoms. The lowest BCUT2D eigenvalue weighted by Gasteiger charge is -2.21. The Kier molecular flexibility index (Phi) is 5.17. The zero-order valence-electron chi connectivity index (χ0n) is 13.2. The first-order valence-corrected chi connectivity index (χ1v) is 8.33. The fourth-order valence-electron chi connectivity index (χ4n) is 2.25. The third-order valence-electron chi connectivity index (χ3n) is 3.63. The van der Waals surface area contributed by atoms with E-state index < -0.39 is 0 Å². The van der Waals surface area contributed by atoms with Gasteiger partial charge in [0.2, 0.25) is 5.91 Å². The molecular weight excluding hydrogens is 284 g/mol. The Morgan fingerprint density at radius 3 is 2.81 bits per heavy atom. The highest BCUT2D eigenvalue weighted by molar-refractivity contribution is 7.99. The second-order valence-electron chi connectivity index (χ2n) is 6.27. The predicted octanol–water partition coefficient (Wildman–Crippen LogP) is 2.27. The van der Waals surface area contributed by atoms with Gasteiger partial charge in [-0.15, -0.1) is 11.8 Å². The zero-order valence-corrected chi connectivity index (χ0v) is 14.0. The Hall–Kier alpha value is -1.20. The molecule has 1 amide bonds. The molecule has 1 aromatic rings. The number of hydrogen-bond donors (Lipinski definition) is 2. The van der Waals surface area contributed by atoms with Gasteiger partial charge in [-0.25, -0.2) is 0 Å². The number of rotatable bonds is 4.